The SMILES string of the molecule is C#CC(OC(C)=O)[C@]12CC[C@H]3[C@@H](CC=C4CC5(CC[C@@]43C)OCCO5)[C@@H]1CC[C@@H]2C1(COC(C)=O)OCCO1. The molecule has 1 unspecified atom stereocenters. The molecule has 2 saturated heterocycles. The van der Waals surface area contributed by atoms with Crippen LogP contribution in [0.2, 0.25) is 0 Å². The van der Waals surface area contributed by atoms with Crippen molar-refractivity contribution in [3.8, 4) is 12.3 Å². The molecule has 6 rings (SSSR count). The number of hydrogen-bond acceptors (Lipinski definition) is 8. The van der Waals surface area contributed by atoms with Gasteiger partial charge in [-0.05, 0) is 61.7 Å². The van der Waals surface area contributed by atoms with E-state index in [4.69, 9.17) is 34.8 Å². The lowest BCUT2D eigenvalue weighted by atomic mass is 9.45. The summed E-state index contributed by atoms with van der Waals surface area (Å²) in [5.74, 6) is 1.56. The van der Waals surface area contributed by atoms with E-state index in [9.17, 15) is 9.59 Å². The van der Waals surface area contributed by atoms with Gasteiger partial charge in [0.1, 0.15) is 6.61 Å². The van der Waals surface area contributed by atoms with Crippen molar-refractivity contribution in [2.45, 2.75) is 89.8 Å². The van der Waals surface area contributed by atoms with Gasteiger partial charge in [-0.15, -0.1) is 6.42 Å². The molecule has 214 valence electrons. The standard InChI is InChI=1S/C31H42O8/c1-5-27(39-21(3)33)30-11-10-24-23(7-6-22-18-29(35-14-15-36-29)13-12-28(22,24)4)25(30)8-9-26(30)31(19-34-20(2)32)37-16-17-38-31/h1,6,23-27H,7-19H2,2-4H3/t23-,24+,25+,26+,27?,28+,30-/m1/s1. The van der Waals surface area contributed by atoms with Crippen LogP contribution in [0.5, 0.6) is 0 Å². The van der Waals surface area contributed by atoms with E-state index in [0.29, 0.717) is 38.3 Å². The first-order chi connectivity index (χ1) is 18.7. The largest absolute Gasteiger partial charge is 0.460 e. The summed E-state index contributed by atoms with van der Waals surface area (Å²) in [4.78, 5) is 24.2. The smallest absolute Gasteiger partial charge is 0.303 e. The third-order valence-corrected chi connectivity index (χ3v) is 11.2. The van der Waals surface area contributed by atoms with E-state index >= 15 is 0 Å². The molecular weight excluding hydrogens is 500 g/mol. The molecule has 2 heterocycles. The van der Waals surface area contributed by atoms with Crippen molar-refractivity contribution in [2.75, 3.05) is 33.0 Å². The van der Waals surface area contributed by atoms with E-state index in [1.807, 2.05) is 0 Å². The number of ether oxygens (including phenoxy) is 6. The lowest BCUT2D eigenvalue weighted by molar-refractivity contribution is -0.262. The molecule has 7 atom stereocenters. The molecule has 0 bridgehead atoms. The van der Waals surface area contributed by atoms with Crippen LogP contribution in [0.1, 0.15) is 72.1 Å². The molecule has 39 heavy (non-hydrogen) atoms. The van der Waals surface area contributed by atoms with Crippen LogP contribution in [-0.4, -0.2) is 62.7 Å². The average molecular weight is 543 g/mol. The Morgan fingerprint density at radius 3 is 2.38 bits per heavy atom. The van der Waals surface area contributed by atoms with Crippen molar-refractivity contribution in [1.82, 2.24) is 0 Å². The lowest BCUT2D eigenvalue weighted by Crippen LogP contribution is -2.60. The maximum Gasteiger partial charge on any atom is 0.303 e. The second-order valence-electron chi connectivity index (χ2n) is 12.8. The molecule has 1 spiro atoms. The van der Waals surface area contributed by atoms with Crippen LogP contribution < -0.4 is 0 Å². The Kier molecular flexibility index (Phi) is 6.90. The number of rotatable bonds is 5. The number of terminal acetylenes is 1. The van der Waals surface area contributed by atoms with Gasteiger partial charge in [0.05, 0.1) is 26.4 Å². The highest BCUT2D eigenvalue weighted by atomic mass is 16.8. The monoisotopic (exact) mass is 542 g/mol. The predicted octanol–water partition coefficient (Wildman–Crippen LogP) is 4.16. The molecule has 4 aliphatic carbocycles. The molecule has 0 N–H and O–H groups in total. The molecule has 8 nitrogen and oxygen atoms in total. The van der Waals surface area contributed by atoms with Crippen molar-refractivity contribution < 1.29 is 38.0 Å². The summed E-state index contributed by atoms with van der Waals surface area (Å²) in [6.07, 6.45) is 15.2. The predicted molar refractivity (Wildman–Crippen MR) is 140 cm³/mol. The molecule has 0 aromatic carbocycles. The second kappa shape index (κ2) is 9.87. The maximum absolute atomic E-state index is 12.3. The number of fused-ring (bicyclic) bond motifs is 5. The summed E-state index contributed by atoms with van der Waals surface area (Å²) in [5, 5.41) is 0. The van der Waals surface area contributed by atoms with Crippen LogP contribution >= 0.6 is 0 Å². The van der Waals surface area contributed by atoms with E-state index in [2.05, 4.69) is 18.9 Å². The van der Waals surface area contributed by atoms with Gasteiger partial charge in [0, 0.05) is 38.0 Å². The first kappa shape index (κ1) is 27.3. The quantitative estimate of drug-likeness (QED) is 0.291. The van der Waals surface area contributed by atoms with Crippen molar-refractivity contribution in [3.05, 3.63) is 11.6 Å². The summed E-state index contributed by atoms with van der Waals surface area (Å²) in [7, 11) is 0. The number of carbonyl (C=O) groups excluding carboxylic acids is 2. The molecular formula is C31H42O8. The van der Waals surface area contributed by atoms with Gasteiger partial charge in [0.25, 0.3) is 0 Å². The van der Waals surface area contributed by atoms with E-state index in [1.54, 1.807) is 0 Å². The van der Waals surface area contributed by atoms with Gasteiger partial charge in [-0.2, -0.15) is 0 Å². The third kappa shape index (κ3) is 4.18. The van der Waals surface area contributed by atoms with Crippen LogP contribution in [0.4, 0.5) is 0 Å². The lowest BCUT2D eigenvalue weighted by Gasteiger charge is -2.60. The fourth-order valence-electron chi connectivity index (χ4n) is 9.74. The number of carbonyl (C=O) groups is 2. The van der Waals surface area contributed by atoms with Crippen LogP contribution in [0.25, 0.3) is 0 Å². The van der Waals surface area contributed by atoms with E-state index in [1.165, 1.54) is 19.4 Å². The summed E-state index contributed by atoms with van der Waals surface area (Å²) >= 11 is 0. The topological polar surface area (TPSA) is 89.5 Å². The van der Waals surface area contributed by atoms with Gasteiger partial charge in [0.2, 0.25) is 5.79 Å². The highest BCUT2D eigenvalue weighted by Crippen LogP contribution is 2.70. The second-order valence-corrected chi connectivity index (χ2v) is 12.8. The van der Waals surface area contributed by atoms with Gasteiger partial charge < -0.3 is 28.4 Å². The fourth-order valence-corrected chi connectivity index (χ4v) is 9.74. The summed E-state index contributed by atoms with van der Waals surface area (Å²) in [5.41, 5.74) is 1.03. The molecule has 6 aliphatic rings. The van der Waals surface area contributed by atoms with Gasteiger partial charge in [-0.25, -0.2) is 0 Å². The summed E-state index contributed by atoms with van der Waals surface area (Å²) in [6.45, 7) is 7.46. The normalized spacial score (nSPS) is 40.5. The van der Waals surface area contributed by atoms with Crippen LogP contribution in [-0.2, 0) is 38.0 Å². The minimum absolute atomic E-state index is 0.0107. The molecule has 0 radical (unpaired) electrons. The zero-order chi connectivity index (χ0) is 27.5. The van der Waals surface area contributed by atoms with Crippen LogP contribution in [0.15, 0.2) is 11.6 Å². The van der Waals surface area contributed by atoms with Crippen molar-refractivity contribution in [3.63, 3.8) is 0 Å². The van der Waals surface area contributed by atoms with E-state index < -0.39 is 23.1 Å². The van der Waals surface area contributed by atoms with Gasteiger partial charge in [-0.1, -0.05) is 24.5 Å². The number of esters is 2. The Morgan fingerprint density at radius 1 is 1.00 bits per heavy atom. The zero-order valence-corrected chi connectivity index (χ0v) is 23.5. The fraction of sp³-hybridized carbons (Fsp3) is 0.806. The first-order valence-electron chi connectivity index (χ1n) is 14.7. The van der Waals surface area contributed by atoms with Crippen molar-refractivity contribution in [2.24, 2.45) is 34.5 Å². The van der Waals surface area contributed by atoms with Crippen LogP contribution in [0, 0.1) is 46.8 Å². The van der Waals surface area contributed by atoms with Crippen molar-refractivity contribution >= 4 is 11.9 Å². The maximum atomic E-state index is 12.3. The third-order valence-electron chi connectivity index (χ3n) is 11.2. The summed E-state index contributed by atoms with van der Waals surface area (Å²) < 4.78 is 36.3. The molecule has 3 saturated carbocycles. The van der Waals surface area contributed by atoms with Crippen molar-refractivity contribution in [1.29, 1.82) is 0 Å². The minimum Gasteiger partial charge on any atom is -0.460 e. The Balaban J connectivity index is 1.37. The highest BCUT2D eigenvalue weighted by molar-refractivity contribution is 5.67. The Hall–Kier alpha value is -1.92. The Labute approximate surface area is 231 Å². The zero-order valence-electron chi connectivity index (χ0n) is 23.5. The minimum atomic E-state index is -1.09. The van der Waals surface area contributed by atoms with Gasteiger partial charge in [0.15, 0.2) is 11.9 Å². The van der Waals surface area contributed by atoms with Gasteiger partial charge >= 0.3 is 11.9 Å². The Bertz CT molecular complexity index is 1060. The van der Waals surface area contributed by atoms with Crippen LogP contribution in [0.3, 0.4) is 0 Å². The van der Waals surface area contributed by atoms with E-state index in [0.717, 1.165) is 51.4 Å². The van der Waals surface area contributed by atoms with E-state index in [-0.39, 0.29) is 35.8 Å². The highest BCUT2D eigenvalue weighted by Gasteiger charge is 2.69. The molecule has 0 aromatic rings. The summed E-state index contributed by atoms with van der Waals surface area (Å²) in [6, 6.07) is 0. The molecule has 2 aliphatic heterocycles. The molecule has 8 heteroatoms. The van der Waals surface area contributed by atoms with Gasteiger partial charge in [-0.3, -0.25) is 9.59 Å². The Morgan fingerprint density at radius 2 is 1.72 bits per heavy atom. The first-order valence-corrected chi connectivity index (χ1v) is 14.7. The number of allylic oxidation sites excluding steroid dienone is 1. The molecule has 0 aromatic heterocycles. The molecule has 0 amide bonds. The number of hydrogen-bond donors (Lipinski definition) is 0. The average Bonchev–Trinajstić information content (AvgIpc) is 3.66. The molecule has 5 fully saturated rings.